The molecule has 72 valence electrons. The molecule has 0 radical (unpaired) electrons. The van der Waals surface area contributed by atoms with Gasteiger partial charge in [-0.2, -0.15) is 4.37 Å². The summed E-state index contributed by atoms with van der Waals surface area (Å²) in [5.74, 6) is -0.0825. The standard InChI is InChI=1S/C10H10N2OS/c1-6-3-4-7(10(13)11-2)9-8(6)5-14-12-9/h3-5H,1-2H3,(H,11,13). The van der Waals surface area contributed by atoms with E-state index < -0.39 is 0 Å². The largest absolute Gasteiger partial charge is 0.355 e. The minimum absolute atomic E-state index is 0.0825. The molecule has 0 spiro atoms. The van der Waals surface area contributed by atoms with Gasteiger partial charge in [0.05, 0.1) is 11.1 Å². The number of fused-ring (bicyclic) bond motifs is 1. The number of carbonyl (C=O) groups excluding carboxylic acids is 1. The SMILES string of the molecule is CNC(=O)c1ccc(C)c2csnc12. The van der Waals surface area contributed by atoms with Crippen molar-refractivity contribution in [2.75, 3.05) is 7.05 Å². The molecule has 0 saturated heterocycles. The number of nitrogens with zero attached hydrogens (tertiary/aromatic N) is 1. The molecule has 2 aromatic rings. The number of hydrogen-bond donors (Lipinski definition) is 1. The Hall–Kier alpha value is -1.42. The van der Waals surface area contributed by atoms with Crippen LogP contribution in [0.1, 0.15) is 15.9 Å². The van der Waals surface area contributed by atoms with Gasteiger partial charge in [-0.25, -0.2) is 0 Å². The fraction of sp³-hybridized carbons (Fsp3) is 0.200. The summed E-state index contributed by atoms with van der Waals surface area (Å²) in [5.41, 5.74) is 2.60. The predicted molar refractivity (Wildman–Crippen MR) is 57.7 cm³/mol. The van der Waals surface area contributed by atoms with Crippen LogP contribution in [0.2, 0.25) is 0 Å². The molecule has 4 heteroatoms. The number of benzene rings is 1. The fourth-order valence-corrected chi connectivity index (χ4v) is 2.16. The van der Waals surface area contributed by atoms with Crippen LogP contribution >= 0.6 is 11.5 Å². The maximum Gasteiger partial charge on any atom is 0.253 e. The van der Waals surface area contributed by atoms with Crippen molar-refractivity contribution in [2.45, 2.75) is 6.92 Å². The van der Waals surface area contributed by atoms with Crippen molar-refractivity contribution in [2.24, 2.45) is 0 Å². The van der Waals surface area contributed by atoms with Gasteiger partial charge in [0.1, 0.15) is 0 Å². The van der Waals surface area contributed by atoms with Gasteiger partial charge in [-0.3, -0.25) is 4.79 Å². The summed E-state index contributed by atoms with van der Waals surface area (Å²) in [6, 6.07) is 3.76. The number of aromatic nitrogens is 1. The van der Waals surface area contributed by atoms with Gasteiger partial charge in [0, 0.05) is 17.8 Å². The van der Waals surface area contributed by atoms with Gasteiger partial charge >= 0.3 is 0 Å². The number of carbonyl (C=O) groups is 1. The van der Waals surface area contributed by atoms with Crippen LogP contribution in [0.25, 0.3) is 10.9 Å². The fourth-order valence-electron chi connectivity index (χ4n) is 1.41. The minimum Gasteiger partial charge on any atom is -0.355 e. The third-order valence-corrected chi connectivity index (χ3v) is 2.85. The van der Waals surface area contributed by atoms with Crippen LogP contribution in [-0.2, 0) is 0 Å². The highest BCUT2D eigenvalue weighted by Gasteiger charge is 2.11. The van der Waals surface area contributed by atoms with E-state index in [4.69, 9.17) is 0 Å². The molecule has 1 N–H and O–H groups in total. The molecule has 1 amide bonds. The van der Waals surface area contributed by atoms with E-state index in [0.29, 0.717) is 5.56 Å². The van der Waals surface area contributed by atoms with Crippen LogP contribution in [0.3, 0.4) is 0 Å². The molecule has 0 atom stereocenters. The smallest absolute Gasteiger partial charge is 0.253 e. The molecule has 0 unspecified atom stereocenters. The lowest BCUT2D eigenvalue weighted by atomic mass is 10.1. The Morgan fingerprint density at radius 2 is 2.29 bits per heavy atom. The second-order valence-corrected chi connectivity index (χ2v) is 3.72. The molecule has 0 saturated carbocycles. The first kappa shape index (κ1) is 9.15. The lowest BCUT2D eigenvalue weighted by molar-refractivity contribution is 0.0964. The Morgan fingerprint density at radius 1 is 1.50 bits per heavy atom. The number of nitrogens with one attached hydrogen (secondary N) is 1. The third-order valence-electron chi connectivity index (χ3n) is 2.22. The zero-order valence-corrected chi connectivity index (χ0v) is 8.81. The van der Waals surface area contributed by atoms with Crippen LogP contribution in [0.5, 0.6) is 0 Å². The highest BCUT2D eigenvalue weighted by molar-refractivity contribution is 7.04. The zero-order chi connectivity index (χ0) is 10.1. The van der Waals surface area contributed by atoms with E-state index in [1.54, 1.807) is 7.05 Å². The van der Waals surface area contributed by atoms with Crippen molar-refractivity contribution in [1.29, 1.82) is 0 Å². The predicted octanol–water partition coefficient (Wildman–Crippen LogP) is 1.96. The Kier molecular flexibility index (Phi) is 2.21. The van der Waals surface area contributed by atoms with Crippen molar-refractivity contribution >= 4 is 28.3 Å². The second kappa shape index (κ2) is 3.38. The van der Waals surface area contributed by atoms with Gasteiger partial charge in [-0.15, -0.1) is 0 Å². The van der Waals surface area contributed by atoms with Gasteiger partial charge in [0.15, 0.2) is 0 Å². The van der Waals surface area contributed by atoms with E-state index >= 15 is 0 Å². The minimum atomic E-state index is -0.0825. The second-order valence-electron chi connectivity index (χ2n) is 3.09. The molecule has 3 nitrogen and oxygen atoms in total. The zero-order valence-electron chi connectivity index (χ0n) is 8.00. The number of rotatable bonds is 1. The van der Waals surface area contributed by atoms with Gasteiger partial charge in [0.2, 0.25) is 0 Å². The Balaban J connectivity index is 2.72. The van der Waals surface area contributed by atoms with E-state index in [0.717, 1.165) is 16.5 Å². The van der Waals surface area contributed by atoms with Crippen molar-refractivity contribution in [3.05, 3.63) is 28.6 Å². The topological polar surface area (TPSA) is 42.0 Å². The molecule has 1 heterocycles. The van der Waals surface area contributed by atoms with Crippen LogP contribution < -0.4 is 5.32 Å². The normalized spacial score (nSPS) is 10.4. The van der Waals surface area contributed by atoms with E-state index in [1.807, 2.05) is 24.4 Å². The summed E-state index contributed by atoms with van der Waals surface area (Å²) >= 11 is 1.38. The lowest BCUT2D eigenvalue weighted by Crippen LogP contribution is -2.18. The van der Waals surface area contributed by atoms with E-state index in [9.17, 15) is 4.79 Å². The molecule has 0 aliphatic rings. The van der Waals surface area contributed by atoms with E-state index in [-0.39, 0.29) is 5.91 Å². The van der Waals surface area contributed by atoms with Crippen molar-refractivity contribution in [3.8, 4) is 0 Å². The molecule has 14 heavy (non-hydrogen) atoms. The van der Waals surface area contributed by atoms with Gasteiger partial charge in [-0.05, 0) is 30.1 Å². The maximum atomic E-state index is 11.5. The summed E-state index contributed by atoms with van der Waals surface area (Å²) in [5, 5.41) is 5.64. The van der Waals surface area contributed by atoms with Gasteiger partial charge in [-0.1, -0.05) is 6.07 Å². The molecule has 0 aliphatic heterocycles. The number of aryl methyl sites for hydroxylation is 1. The Morgan fingerprint density at radius 3 is 3.00 bits per heavy atom. The van der Waals surface area contributed by atoms with Crippen LogP contribution in [-0.4, -0.2) is 17.3 Å². The molecule has 0 aliphatic carbocycles. The summed E-state index contributed by atoms with van der Waals surface area (Å²) in [4.78, 5) is 11.5. The Labute approximate surface area is 85.9 Å². The number of amides is 1. The first-order valence-electron chi connectivity index (χ1n) is 4.30. The Bertz CT molecular complexity index is 490. The van der Waals surface area contributed by atoms with Gasteiger partial charge < -0.3 is 5.32 Å². The third kappa shape index (κ3) is 1.28. The summed E-state index contributed by atoms with van der Waals surface area (Å²) in [6.07, 6.45) is 0. The summed E-state index contributed by atoms with van der Waals surface area (Å²) in [6.45, 7) is 2.02. The molecule has 1 aromatic heterocycles. The first-order chi connectivity index (χ1) is 6.74. The van der Waals surface area contributed by atoms with Crippen LogP contribution in [0.4, 0.5) is 0 Å². The molecule has 1 aromatic carbocycles. The first-order valence-corrected chi connectivity index (χ1v) is 5.13. The lowest BCUT2D eigenvalue weighted by Gasteiger charge is -2.02. The van der Waals surface area contributed by atoms with Gasteiger partial charge in [0.25, 0.3) is 5.91 Å². The molecular weight excluding hydrogens is 196 g/mol. The molecule has 0 bridgehead atoms. The quantitative estimate of drug-likeness (QED) is 0.775. The highest BCUT2D eigenvalue weighted by Crippen LogP contribution is 2.22. The van der Waals surface area contributed by atoms with Crippen molar-refractivity contribution in [1.82, 2.24) is 9.69 Å². The van der Waals surface area contributed by atoms with Crippen LogP contribution in [0, 0.1) is 6.92 Å². The van der Waals surface area contributed by atoms with E-state index in [2.05, 4.69) is 9.69 Å². The summed E-state index contributed by atoms with van der Waals surface area (Å²) < 4.78 is 4.23. The maximum absolute atomic E-state index is 11.5. The van der Waals surface area contributed by atoms with Crippen LogP contribution in [0.15, 0.2) is 17.5 Å². The highest BCUT2D eigenvalue weighted by atomic mass is 32.1. The average Bonchev–Trinajstić information content (AvgIpc) is 2.67. The van der Waals surface area contributed by atoms with Crippen molar-refractivity contribution in [3.63, 3.8) is 0 Å². The molecular formula is C10H10N2OS. The monoisotopic (exact) mass is 206 g/mol. The average molecular weight is 206 g/mol. The van der Waals surface area contributed by atoms with E-state index in [1.165, 1.54) is 11.5 Å². The summed E-state index contributed by atoms with van der Waals surface area (Å²) in [7, 11) is 1.63. The molecule has 2 rings (SSSR count). The molecule has 0 fully saturated rings. The van der Waals surface area contributed by atoms with Crippen molar-refractivity contribution < 1.29 is 4.79 Å². The number of hydrogen-bond acceptors (Lipinski definition) is 3.